The van der Waals surface area contributed by atoms with Gasteiger partial charge in [0.05, 0.1) is 0 Å². The molecule has 0 bridgehead atoms. The summed E-state index contributed by atoms with van der Waals surface area (Å²) in [6.45, 7) is 4.22. The number of hydrogen-bond donors (Lipinski definition) is 2. The van der Waals surface area contributed by atoms with Crippen LogP contribution in [0.15, 0.2) is 54.6 Å². The van der Waals surface area contributed by atoms with Crippen molar-refractivity contribution in [2.24, 2.45) is 0 Å². The molecule has 0 atom stereocenters. The molecule has 0 radical (unpaired) electrons. The summed E-state index contributed by atoms with van der Waals surface area (Å²) in [6, 6.07) is 18.9. The molecule has 0 spiro atoms. The Morgan fingerprint density at radius 1 is 0.840 bits per heavy atom. The van der Waals surface area contributed by atoms with Crippen LogP contribution >= 0.6 is 0 Å². The average molecular weight is 330 g/mol. The third-order valence-electron chi connectivity index (χ3n) is 4.42. The van der Waals surface area contributed by atoms with E-state index in [4.69, 9.17) is 9.97 Å². The van der Waals surface area contributed by atoms with Gasteiger partial charge in [-0.2, -0.15) is 0 Å². The number of aryl methyl sites for hydroxylation is 2. The molecule has 1 fully saturated rings. The molecule has 3 aromatic rings. The molecule has 0 saturated heterocycles. The zero-order valence-electron chi connectivity index (χ0n) is 14.6. The molecular weight excluding hydrogens is 308 g/mol. The van der Waals surface area contributed by atoms with E-state index in [2.05, 4.69) is 42.7 Å². The number of nitrogens with one attached hydrogen (secondary N) is 2. The van der Waals surface area contributed by atoms with E-state index in [1.807, 2.05) is 36.4 Å². The van der Waals surface area contributed by atoms with Gasteiger partial charge in [0.25, 0.3) is 0 Å². The van der Waals surface area contributed by atoms with Crippen LogP contribution in [0.5, 0.6) is 0 Å². The van der Waals surface area contributed by atoms with Crippen molar-refractivity contribution in [3.63, 3.8) is 0 Å². The Hall–Kier alpha value is -2.88. The van der Waals surface area contributed by atoms with E-state index in [0.717, 1.165) is 28.7 Å². The molecule has 2 aromatic carbocycles. The molecule has 25 heavy (non-hydrogen) atoms. The maximum absolute atomic E-state index is 4.75. The van der Waals surface area contributed by atoms with E-state index in [9.17, 15) is 0 Å². The van der Waals surface area contributed by atoms with Crippen LogP contribution in [0.3, 0.4) is 0 Å². The van der Waals surface area contributed by atoms with E-state index in [1.165, 1.54) is 24.0 Å². The summed E-state index contributed by atoms with van der Waals surface area (Å²) in [5.41, 5.74) is 4.54. The maximum Gasteiger partial charge on any atom is 0.163 e. The third-order valence-corrected chi connectivity index (χ3v) is 4.42. The lowest BCUT2D eigenvalue weighted by Gasteiger charge is -2.14. The second-order valence-corrected chi connectivity index (χ2v) is 6.64. The molecule has 0 unspecified atom stereocenters. The number of aromatic nitrogens is 2. The van der Waals surface area contributed by atoms with Crippen molar-refractivity contribution >= 4 is 17.3 Å². The van der Waals surface area contributed by atoms with E-state index in [1.54, 1.807) is 0 Å². The van der Waals surface area contributed by atoms with Gasteiger partial charge in [-0.05, 0) is 37.8 Å². The zero-order valence-corrected chi connectivity index (χ0v) is 14.6. The van der Waals surface area contributed by atoms with Gasteiger partial charge in [0.2, 0.25) is 0 Å². The van der Waals surface area contributed by atoms with E-state index < -0.39 is 0 Å². The Labute approximate surface area is 148 Å². The molecule has 4 rings (SSSR count). The molecule has 0 amide bonds. The quantitative estimate of drug-likeness (QED) is 0.685. The fourth-order valence-corrected chi connectivity index (χ4v) is 2.88. The van der Waals surface area contributed by atoms with Gasteiger partial charge >= 0.3 is 0 Å². The Balaban J connectivity index is 1.73. The van der Waals surface area contributed by atoms with Crippen LogP contribution in [0.4, 0.5) is 17.3 Å². The smallest absolute Gasteiger partial charge is 0.163 e. The summed E-state index contributed by atoms with van der Waals surface area (Å²) in [5, 5.41) is 6.98. The largest absolute Gasteiger partial charge is 0.367 e. The van der Waals surface area contributed by atoms with Crippen molar-refractivity contribution in [3.8, 4) is 11.4 Å². The van der Waals surface area contributed by atoms with Crippen molar-refractivity contribution in [1.29, 1.82) is 0 Å². The third kappa shape index (κ3) is 3.63. The van der Waals surface area contributed by atoms with Gasteiger partial charge in [-0.1, -0.05) is 48.5 Å². The fourth-order valence-electron chi connectivity index (χ4n) is 2.88. The number of anilines is 3. The number of benzene rings is 2. The van der Waals surface area contributed by atoms with Gasteiger partial charge < -0.3 is 10.6 Å². The number of para-hydroxylation sites is 1. The Kier molecular flexibility index (Phi) is 4.10. The molecule has 1 aliphatic rings. The Bertz CT molecular complexity index is 865. The second kappa shape index (κ2) is 6.55. The summed E-state index contributed by atoms with van der Waals surface area (Å²) < 4.78 is 0. The first kappa shape index (κ1) is 15.6. The molecule has 2 N–H and O–H groups in total. The molecule has 4 heteroatoms. The minimum Gasteiger partial charge on any atom is -0.367 e. The Morgan fingerprint density at radius 2 is 1.52 bits per heavy atom. The molecule has 1 aliphatic carbocycles. The number of hydrogen-bond acceptors (Lipinski definition) is 4. The SMILES string of the molecule is Cc1cccc(C)c1Nc1cc(NC2CC2)nc(-c2ccccc2)n1. The lowest BCUT2D eigenvalue weighted by molar-refractivity contribution is 1.09. The van der Waals surface area contributed by atoms with E-state index in [-0.39, 0.29) is 0 Å². The van der Waals surface area contributed by atoms with Crippen molar-refractivity contribution in [3.05, 3.63) is 65.7 Å². The molecule has 4 nitrogen and oxygen atoms in total. The van der Waals surface area contributed by atoms with Gasteiger partial charge in [0.15, 0.2) is 5.82 Å². The second-order valence-electron chi connectivity index (χ2n) is 6.64. The van der Waals surface area contributed by atoms with Crippen molar-refractivity contribution in [2.75, 3.05) is 10.6 Å². The molecular formula is C21H22N4. The molecule has 126 valence electrons. The van der Waals surface area contributed by atoms with Crippen LogP contribution in [0, 0.1) is 13.8 Å². The molecule has 0 aliphatic heterocycles. The van der Waals surface area contributed by atoms with Crippen molar-refractivity contribution < 1.29 is 0 Å². The summed E-state index contributed by atoms with van der Waals surface area (Å²) in [7, 11) is 0. The summed E-state index contributed by atoms with van der Waals surface area (Å²) in [5.74, 6) is 2.43. The van der Waals surface area contributed by atoms with E-state index >= 15 is 0 Å². The van der Waals surface area contributed by atoms with Crippen LogP contribution in [-0.4, -0.2) is 16.0 Å². The maximum atomic E-state index is 4.75. The van der Waals surface area contributed by atoms with Crippen LogP contribution in [0.1, 0.15) is 24.0 Å². The zero-order chi connectivity index (χ0) is 17.2. The summed E-state index contributed by atoms with van der Waals surface area (Å²) in [4.78, 5) is 9.45. The highest BCUT2D eigenvalue weighted by atomic mass is 15.1. The summed E-state index contributed by atoms with van der Waals surface area (Å²) >= 11 is 0. The topological polar surface area (TPSA) is 49.8 Å². The molecule has 1 heterocycles. The van der Waals surface area contributed by atoms with E-state index in [0.29, 0.717) is 6.04 Å². The average Bonchev–Trinajstić information content (AvgIpc) is 3.43. The monoisotopic (exact) mass is 330 g/mol. The minimum absolute atomic E-state index is 0.548. The fraction of sp³-hybridized carbons (Fsp3) is 0.238. The van der Waals surface area contributed by atoms with Gasteiger partial charge in [-0.15, -0.1) is 0 Å². The lowest BCUT2D eigenvalue weighted by atomic mass is 10.1. The highest BCUT2D eigenvalue weighted by molar-refractivity contribution is 5.68. The van der Waals surface area contributed by atoms with Crippen LogP contribution < -0.4 is 10.6 Å². The van der Waals surface area contributed by atoms with Crippen molar-refractivity contribution in [1.82, 2.24) is 9.97 Å². The van der Waals surface area contributed by atoms with Gasteiger partial charge in [-0.3, -0.25) is 0 Å². The van der Waals surface area contributed by atoms with Gasteiger partial charge in [-0.25, -0.2) is 9.97 Å². The van der Waals surface area contributed by atoms with Crippen LogP contribution in [0.2, 0.25) is 0 Å². The van der Waals surface area contributed by atoms with Gasteiger partial charge in [0, 0.05) is 23.4 Å². The van der Waals surface area contributed by atoms with Crippen LogP contribution in [0.25, 0.3) is 11.4 Å². The first-order chi connectivity index (χ1) is 12.2. The molecule has 1 aromatic heterocycles. The highest BCUT2D eigenvalue weighted by Gasteiger charge is 2.22. The number of nitrogens with zero attached hydrogens (tertiary/aromatic N) is 2. The minimum atomic E-state index is 0.548. The van der Waals surface area contributed by atoms with Gasteiger partial charge in [0.1, 0.15) is 11.6 Å². The number of rotatable bonds is 5. The first-order valence-electron chi connectivity index (χ1n) is 8.73. The van der Waals surface area contributed by atoms with Crippen molar-refractivity contribution in [2.45, 2.75) is 32.7 Å². The summed E-state index contributed by atoms with van der Waals surface area (Å²) in [6.07, 6.45) is 2.43. The highest BCUT2D eigenvalue weighted by Crippen LogP contribution is 2.29. The lowest BCUT2D eigenvalue weighted by Crippen LogP contribution is -2.07. The standard InChI is InChI=1S/C21H22N4/c1-14-7-6-8-15(2)20(14)23-19-13-18(22-17-11-12-17)24-21(25-19)16-9-4-3-5-10-16/h3-10,13,17H,11-12H2,1-2H3,(H2,22,23,24,25). The Morgan fingerprint density at radius 3 is 2.20 bits per heavy atom. The normalized spacial score (nSPS) is 13.5. The predicted molar refractivity (Wildman–Crippen MR) is 103 cm³/mol. The first-order valence-corrected chi connectivity index (χ1v) is 8.73. The van der Waals surface area contributed by atoms with Crippen LogP contribution in [-0.2, 0) is 0 Å². The molecule has 1 saturated carbocycles. The predicted octanol–water partition coefficient (Wildman–Crippen LogP) is 5.08.